The highest BCUT2D eigenvalue weighted by Crippen LogP contribution is 2.27. The molecular weight excluding hydrogens is 366 g/mol. The van der Waals surface area contributed by atoms with Gasteiger partial charge < -0.3 is 4.90 Å². The van der Waals surface area contributed by atoms with E-state index in [1.807, 2.05) is 6.07 Å². The zero-order valence-electron chi connectivity index (χ0n) is 15.9. The van der Waals surface area contributed by atoms with E-state index in [9.17, 15) is 18.0 Å². The fourth-order valence-corrected chi connectivity index (χ4v) is 5.14. The van der Waals surface area contributed by atoms with Crippen LogP contribution in [0, 0.1) is 0 Å². The third-order valence-corrected chi connectivity index (χ3v) is 8.06. The smallest absolute Gasteiger partial charge is 0.261 e. The van der Waals surface area contributed by atoms with E-state index in [2.05, 4.69) is 4.98 Å². The van der Waals surface area contributed by atoms with Gasteiger partial charge in [-0.2, -0.15) is 0 Å². The van der Waals surface area contributed by atoms with Crippen LogP contribution in [-0.2, 0) is 21.2 Å². The van der Waals surface area contributed by atoms with E-state index in [1.165, 1.54) is 10.9 Å². The van der Waals surface area contributed by atoms with Crippen molar-refractivity contribution in [3.05, 3.63) is 40.9 Å². The van der Waals surface area contributed by atoms with Crippen LogP contribution in [0.4, 0.5) is 0 Å². The summed E-state index contributed by atoms with van der Waals surface area (Å²) in [5.41, 5.74) is 0.447. The van der Waals surface area contributed by atoms with Crippen LogP contribution >= 0.6 is 0 Å². The second-order valence-electron chi connectivity index (χ2n) is 7.92. The molecule has 8 heteroatoms. The van der Waals surface area contributed by atoms with Gasteiger partial charge in [-0.3, -0.25) is 14.2 Å². The van der Waals surface area contributed by atoms with Crippen molar-refractivity contribution in [3.8, 4) is 0 Å². The predicted octanol–water partition coefficient (Wildman–Crippen LogP) is 1.60. The number of hydrogen-bond acceptors (Lipinski definition) is 5. The summed E-state index contributed by atoms with van der Waals surface area (Å²) < 4.78 is 25.8. The van der Waals surface area contributed by atoms with E-state index >= 15 is 0 Å². The Bertz CT molecular complexity index is 1020. The molecule has 1 aromatic carbocycles. The first-order chi connectivity index (χ1) is 12.6. The average Bonchev–Trinajstić information content (AvgIpc) is 3.11. The largest absolute Gasteiger partial charge is 0.341 e. The third kappa shape index (κ3) is 3.76. The van der Waals surface area contributed by atoms with Crippen LogP contribution in [0.15, 0.2) is 35.4 Å². The Hall–Kier alpha value is -2.22. The van der Waals surface area contributed by atoms with Gasteiger partial charge in [0.2, 0.25) is 5.91 Å². The Balaban J connectivity index is 1.66. The zero-order valence-corrected chi connectivity index (χ0v) is 16.7. The third-order valence-electron chi connectivity index (χ3n) is 5.09. The molecule has 3 rings (SSSR count). The topological polar surface area (TPSA) is 89.3 Å². The molecule has 1 saturated heterocycles. The van der Waals surface area contributed by atoms with E-state index < -0.39 is 19.8 Å². The molecule has 2 aromatic rings. The number of nitrogens with zero attached hydrogens (tertiary/aromatic N) is 3. The van der Waals surface area contributed by atoms with Crippen LogP contribution < -0.4 is 5.56 Å². The summed E-state index contributed by atoms with van der Waals surface area (Å²) in [6.45, 7) is 5.94. The van der Waals surface area contributed by atoms with Crippen molar-refractivity contribution >= 4 is 26.6 Å². The minimum Gasteiger partial charge on any atom is -0.341 e. The van der Waals surface area contributed by atoms with Crippen molar-refractivity contribution in [1.82, 2.24) is 14.5 Å². The maximum Gasteiger partial charge on any atom is 0.261 e. The number of carbonyl (C=O) groups excluding carboxylic acids is 1. The van der Waals surface area contributed by atoms with Gasteiger partial charge >= 0.3 is 0 Å². The first-order valence-electron chi connectivity index (χ1n) is 9.06. The average molecular weight is 391 g/mol. The van der Waals surface area contributed by atoms with Crippen LogP contribution in [0.5, 0.6) is 0 Å². The Morgan fingerprint density at radius 1 is 1.26 bits per heavy atom. The quantitative estimate of drug-likeness (QED) is 0.790. The normalized spacial score (nSPS) is 18.2. The first kappa shape index (κ1) is 19.5. The van der Waals surface area contributed by atoms with Gasteiger partial charge in [-0.15, -0.1) is 0 Å². The van der Waals surface area contributed by atoms with Crippen molar-refractivity contribution in [3.63, 3.8) is 0 Å². The Morgan fingerprint density at radius 3 is 2.67 bits per heavy atom. The number of aryl methyl sites for hydroxylation is 1. The lowest BCUT2D eigenvalue weighted by molar-refractivity contribution is -0.130. The molecule has 146 valence electrons. The Morgan fingerprint density at radius 2 is 1.96 bits per heavy atom. The van der Waals surface area contributed by atoms with Gasteiger partial charge in [-0.05, 0) is 39.3 Å². The number of amides is 1. The minimum absolute atomic E-state index is 0.137. The monoisotopic (exact) mass is 391 g/mol. The Kier molecular flexibility index (Phi) is 5.12. The van der Waals surface area contributed by atoms with Crippen molar-refractivity contribution in [2.45, 2.75) is 50.2 Å². The molecule has 1 aromatic heterocycles. The molecule has 0 spiro atoms. The molecule has 1 amide bonds. The molecule has 27 heavy (non-hydrogen) atoms. The highest BCUT2D eigenvalue weighted by atomic mass is 32.2. The summed E-state index contributed by atoms with van der Waals surface area (Å²) in [4.78, 5) is 30.8. The number of hydrogen-bond donors (Lipinski definition) is 0. The molecule has 2 heterocycles. The van der Waals surface area contributed by atoms with Crippen LogP contribution in [0.1, 0.15) is 33.6 Å². The fourth-order valence-electron chi connectivity index (χ4n) is 3.35. The summed E-state index contributed by atoms with van der Waals surface area (Å²) in [5.74, 6) is -0.137. The lowest BCUT2D eigenvalue weighted by Gasteiger charge is -2.24. The summed E-state index contributed by atoms with van der Waals surface area (Å²) >= 11 is 0. The van der Waals surface area contributed by atoms with Crippen molar-refractivity contribution < 1.29 is 13.2 Å². The van der Waals surface area contributed by atoms with E-state index in [0.717, 1.165) is 0 Å². The molecule has 1 atom stereocenters. The van der Waals surface area contributed by atoms with Crippen LogP contribution in [0.25, 0.3) is 10.9 Å². The van der Waals surface area contributed by atoms with Crippen LogP contribution in [0.2, 0.25) is 0 Å². The van der Waals surface area contributed by atoms with Gasteiger partial charge in [0.05, 0.1) is 27.2 Å². The molecule has 1 aliphatic rings. The molecule has 0 radical (unpaired) electrons. The second-order valence-corrected chi connectivity index (χ2v) is 10.9. The fraction of sp³-hybridized carbons (Fsp3) is 0.526. The molecule has 0 saturated carbocycles. The molecule has 0 N–H and O–H groups in total. The zero-order chi connectivity index (χ0) is 19.8. The first-order valence-corrected chi connectivity index (χ1v) is 10.6. The Labute approximate surface area is 158 Å². The molecule has 1 fully saturated rings. The predicted molar refractivity (Wildman–Crippen MR) is 104 cm³/mol. The SMILES string of the molecule is CC(C)(C)S(=O)(=O)C1CCN(C(=O)CCn2cnc3ccccc3c2=O)C1. The number of carbonyl (C=O) groups is 1. The number of para-hydroxylation sites is 1. The van der Waals surface area contributed by atoms with Gasteiger partial charge in [0, 0.05) is 26.1 Å². The maximum absolute atomic E-state index is 12.6. The van der Waals surface area contributed by atoms with Crippen LogP contribution in [0.3, 0.4) is 0 Å². The molecule has 7 nitrogen and oxygen atoms in total. The van der Waals surface area contributed by atoms with Crippen LogP contribution in [-0.4, -0.2) is 51.9 Å². The molecule has 1 aliphatic heterocycles. The lowest BCUT2D eigenvalue weighted by atomic mass is 10.2. The summed E-state index contributed by atoms with van der Waals surface area (Å²) in [6.07, 6.45) is 2.06. The van der Waals surface area contributed by atoms with Gasteiger partial charge in [0.15, 0.2) is 9.84 Å². The molecular formula is C19H25N3O4S. The summed E-state index contributed by atoms with van der Waals surface area (Å²) in [5, 5.41) is -0.00327. The maximum atomic E-state index is 12.6. The number of sulfone groups is 1. The summed E-state index contributed by atoms with van der Waals surface area (Å²) in [7, 11) is -3.30. The number of likely N-dealkylation sites (tertiary alicyclic amines) is 1. The van der Waals surface area contributed by atoms with E-state index in [1.54, 1.807) is 43.9 Å². The standard InChI is InChI=1S/C19H25N3O4S/c1-19(2,3)27(25,26)14-8-10-21(12-14)17(23)9-11-22-13-20-16-7-5-4-6-15(16)18(22)24/h4-7,13-14H,8-12H2,1-3H3. The molecule has 1 unspecified atom stereocenters. The number of rotatable bonds is 4. The van der Waals surface area contributed by atoms with Crippen molar-refractivity contribution in [2.75, 3.05) is 13.1 Å². The van der Waals surface area contributed by atoms with E-state index in [0.29, 0.717) is 23.9 Å². The van der Waals surface area contributed by atoms with Gasteiger partial charge in [-0.1, -0.05) is 12.1 Å². The summed E-state index contributed by atoms with van der Waals surface area (Å²) in [6, 6.07) is 7.08. The van der Waals surface area contributed by atoms with E-state index in [-0.39, 0.29) is 31.0 Å². The van der Waals surface area contributed by atoms with Gasteiger partial charge in [0.1, 0.15) is 0 Å². The van der Waals surface area contributed by atoms with Gasteiger partial charge in [0.25, 0.3) is 5.56 Å². The molecule has 0 bridgehead atoms. The number of fused-ring (bicyclic) bond motifs is 1. The minimum atomic E-state index is -3.30. The van der Waals surface area contributed by atoms with Crippen molar-refractivity contribution in [1.29, 1.82) is 0 Å². The number of benzene rings is 1. The second kappa shape index (κ2) is 7.07. The highest BCUT2D eigenvalue weighted by molar-refractivity contribution is 7.93. The number of aromatic nitrogens is 2. The van der Waals surface area contributed by atoms with Gasteiger partial charge in [-0.25, -0.2) is 13.4 Å². The molecule has 0 aliphatic carbocycles. The van der Waals surface area contributed by atoms with Crippen molar-refractivity contribution in [2.24, 2.45) is 0 Å². The highest BCUT2D eigenvalue weighted by Gasteiger charge is 2.41. The lowest BCUT2D eigenvalue weighted by Crippen LogP contribution is -2.40. The van der Waals surface area contributed by atoms with E-state index in [4.69, 9.17) is 0 Å².